The van der Waals surface area contributed by atoms with Gasteiger partial charge in [0, 0.05) is 0 Å². The summed E-state index contributed by atoms with van der Waals surface area (Å²) in [6, 6.07) is 0. The molecule has 2 N–H and O–H groups in total. The quantitative estimate of drug-likeness (QED) is 0.413. The van der Waals surface area contributed by atoms with Crippen molar-refractivity contribution in [3.8, 4) is 0 Å². The number of rotatable bonds is 4. The van der Waals surface area contributed by atoms with Gasteiger partial charge in [-0.2, -0.15) is 0 Å². The molecule has 0 aromatic rings. The number of allylic oxidation sites excluding steroid dienone is 1. The highest BCUT2D eigenvalue weighted by atomic mass is 35.5. The molecule has 0 bridgehead atoms. The van der Waals surface area contributed by atoms with Crippen molar-refractivity contribution in [3.05, 3.63) is 11.1 Å². The van der Waals surface area contributed by atoms with E-state index in [1.54, 1.807) is 0 Å². The number of Topliss-reactive ketones (excluding diaryl/α,β-unsaturated/α-hetero) is 1. The molecule has 1 atom stereocenters. The molecule has 0 spiro atoms. The van der Waals surface area contributed by atoms with Gasteiger partial charge in [0.25, 0.3) is 5.78 Å². The average Bonchev–Trinajstić information content (AvgIpc) is 2.02. The Morgan fingerprint density at radius 2 is 1.62 bits per heavy atom. The topological polar surface area (TPSA) is 91.7 Å². The van der Waals surface area contributed by atoms with E-state index in [1.165, 1.54) is 0 Å². The van der Waals surface area contributed by atoms with Crippen LogP contribution < -0.4 is 0 Å². The summed E-state index contributed by atoms with van der Waals surface area (Å²) >= 11 is 10.3. The Labute approximate surface area is 82.6 Å². The van der Waals surface area contributed by atoms with Crippen molar-refractivity contribution < 1.29 is 24.6 Å². The predicted molar refractivity (Wildman–Crippen MR) is 43.9 cm³/mol. The summed E-state index contributed by atoms with van der Waals surface area (Å²) in [5.74, 6) is -4.56. The van der Waals surface area contributed by atoms with Gasteiger partial charge in [0.1, 0.15) is 10.4 Å². The summed E-state index contributed by atoms with van der Waals surface area (Å²) in [4.78, 5) is 30.7. The maximum atomic E-state index is 10.6. The number of carbonyl (C=O) groups is 3. The van der Waals surface area contributed by atoms with Crippen molar-refractivity contribution in [1.29, 1.82) is 0 Å². The monoisotopic (exact) mass is 226 g/mol. The molecule has 0 aliphatic carbocycles. The van der Waals surface area contributed by atoms with Crippen LogP contribution in [0.2, 0.25) is 0 Å². The van der Waals surface area contributed by atoms with Gasteiger partial charge in [-0.25, -0.2) is 9.59 Å². The zero-order chi connectivity index (χ0) is 10.6. The van der Waals surface area contributed by atoms with Crippen molar-refractivity contribution in [2.75, 3.05) is 0 Å². The molecule has 0 amide bonds. The van der Waals surface area contributed by atoms with Gasteiger partial charge >= 0.3 is 11.9 Å². The van der Waals surface area contributed by atoms with E-state index in [0.717, 1.165) is 0 Å². The lowest BCUT2D eigenvalue weighted by atomic mass is 10.2. The van der Waals surface area contributed by atoms with E-state index < -0.39 is 28.1 Å². The molecule has 1 unspecified atom stereocenters. The molecule has 72 valence electrons. The van der Waals surface area contributed by atoms with Gasteiger partial charge in [0.2, 0.25) is 0 Å². The van der Waals surface area contributed by atoms with E-state index in [4.69, 9.17) is 33.4 Å². The first-order valence-electron chi connectivity index (χ1n) is 2.88. The number of ketones is 1. The van der Waals surface area contributed by atoms with Gasteiger partial charge < -0.3 is 10.2 Å². The SMILES string of the molecule is O=C(O)C(=O)C(Cl)C=C(Cl)C(=O)O. The number of hydrogen-bond acceptors (Lipinski definition) is 3. The van der Waals surface area contributed by atoms with Crippen LogP contribution in [0.25, 0.3) is 0 Å². The van der Waals surface area contributed by atoms with Crippen LogP contribution in [0.15, 0.2) is 11.1 Å². The van der Waals surface area contributed by atoms with Crippen molar-refractivity contribution >= 4 is 40.9 Å². The Hall–Kier alpha value is -1.07. The van der Waals surface area contributed by atoms with E-state index in [2.05, 4.69) is 0 Å². The smallest absolute Gasteiger partial charge is 0.374 e. The summed E-state index contributed by atoms with van der Waals surface area (Å²) in [6.07, 6.45) is 0.641. The minimum absolute atomic E-state index is 0.641. The van der Waals surface area contributed by atoms with Crippen LogP contribution in [-0.4, -0.2) is 33.3 Å². The third kappa shape index (κ3) is 3.91. The van der Waals surface area contributed by atoms with Gasteiger partial charge in [-0.1, -0.05) is 11.6 Å². The molecule has 13 heavy (non-hydrogen) atoms. The van der Waals surface area contributed by atoms with Gasteiger partial charge in [0.15, 0.2) is 0 Å². The Morgan fingerprint density at radius 3 is 1.92 bits per heavy atom. The minimum Gasteiger partial charge on any atom is -0.477 e. The molecule has 5 nitrogen and oxygen atoms in total. The lowest BCUT2D eigenvalue weighted by Crippen LogP contribution is -2.22. The number of hydrogen-bond donors (Lipinski definition) is 2. The second-order valence-corrected chi connectivity index (χ2v) is 2.77. The Kier molecular flexibility index (Phi) is 4.44. The molecule has 7 heteroatoms. The zero-order valence-corrected chi connectivity index (χ0v) is 7.54. The Morgan fingerprint density at radius 1 is 1.15 bits per heavy atom. The number of carboxylic acid groups (broad SMARTS) is 2. The van der Waals surface area contributed by atoms with Crippen LogP contribution in [0.3, 0.4) is 0 Å². The van der Waals surface area contributed by atoms with Crippen LogP contribution in [0, 0.1) is 0 Å². The highest BCUT2D eigenvalue weighted by Crippen LogP contribution is 2.08. The first kappa shape index (κ1) is 11.9. The average molecular weight is 227 g/mol. The number of carbonyl (C=O) groups excluding carboxylic acids is 1. The summed E-state index contributed by atoms with van der Waals surface area (Å²) in [5, 5.41) is 14.1. The zero-order valence-electron chi connectivity index (χ0n) is 6.03. The van der Waals surface area contributed by atoms with E-state index in [9.17, 15) is 14.4 Å². The second-order valence-electron chi connectivity index (χ2n) is 1.89. The highest BCUT2D eigenvalue weighted by molar-refractivity contribution is 6.49. The summed E-state index contributed by atoms with van der Waals surface area (Å²) < 4.78 is 0. The maximum Gasteiger partial charge on any atom is 0.374 e. The first-order valence-corrected chi connectivity index (χ1v) is 3.69. The third-order valence-electron chi connectivity index (χ3n) is 0.958. The van der Waals surface area contributed by atoms with Crippen molar-refractivity contribution in [2.45, 2.75) is 5.38 Å². The van der Waals surface area contributed by atoms with Crippen LogP contribution >= 0.6 is 23.2 Å². The fourth-order valence-electron chi connectivity index (χ4n) is 0.393. The normalized spacial score (nSPS) is 13.5. The standard InChI is InChI=1S/C6H4Cl2O5/c7-2(4(9)6(12)13)1-3(8)5(10)11/h1-2H,(H,10,11)(H,12,13). The number of carboxylic acids is 2. The highest BCUT2D eigenvalue weighted by Gasteiger charge is 2.21. The van der Waals surface area contributed by atoms with Crippen molar-refractivity contribution in [3.63, 3.8) is 0 Å². The van der Waals surface area contributed by atoms with Crippen LogP contribution in [0.5, 0.6) is 0 Å². The molecule has 0 heterocycles. The largest absolute Gasteiger partial charge is 0.477 e. The lowest BCUT2D eigenvalue weighted by molar-refractivity contribution is -0.148. The summed E-state index contributed by atoms with van der Waals surface area (Å²) in [7, 11) is 0. The molecule has 0 aromatic carbocycles. The second kappa shape index (κ2) is 4.84. The molecular formula is C6H4Cl2O5. The molecule has 0 radical (unpaired) electrons. The lowest BCUT2D eigenvalue weighted by Gasteiger charge is -1.97. The van der Waals surface area contributed by atoms with Gasteiger partial charge in [-0.05, 0) is 6.08 Å². The number of halogens is 2. The van der Waals surface area contributed by atoms with Crippen molar-refractivity contribution in [2.24, 2.45) is 0 Å². The van der Waals surface area contributed by atoms with E-state index in [1.807, 2.05) is 0 Å². The summed E-state index contributed by atoms with van der Waals surface area (Å²) in [5.41, 5.74) is 0. The molecule has 0 aromatic heterocycles. The van der Waals surface area contributed by atoms with Crippen LogP contribution in [-0.2, 0) is 14.4 Å². The molecular weight excluding hydrogens is 223 g/mol. The molecule has 0 aliphatic heterocycles. The molecule has 0 saturated heterocycles. The van der Waals surface area contributed by atoms with E-state index in [0.29, 0.717) is 6.08 Å². The molecule has 0 aliphatic rings. The molecule has 0 fully saturated rings. The Balaban J connectivity index is 4.55. The fraction of sp³-hybridized carbons (Fsp3) is 0.167. The fourth-order valence-corrected chi connectivity index (χ4v) is 0.803. The van der Waals surface area contributed by atoms with Crippen molar-refractivity contribution in [1.82, 2.24) is 0 Å². The molecule has 0 rings (SSSR count). The Bertz CT molecular complexity index is 283. The van der Waals surface area contributed by atoms with Gasteiger partial charge in [-0.3, -0.25) is 4.79 Å². The minimum atomic E-state index is -1.74. The van der Waals surface area contributed by atoms with E-state index >= 15 is 0 Å². The predicted octanol–water partition coefficient (Wildman–Crippen LogP) is 0.455. The molecule has 0 saturated carbocycles. The van der Waals surface area contributed by atoms with Gasteiger partial charge in [0.05, 0.1) is 0 Å². The first-order chi connectivity index (χ1) is 5.86. The maximum absolute atomic E-state index is 10.6. The van der Waals surface area contributed by atoms with Crippen LogP contribution in [0.4, 0.5) is 0 Å². The van der Waals surface area contributed by atoms with E-state index in [-0.39, 0.29) is 0 Å². The number of alkyl halides is 1. The summed E-state index contributed by atoms with van der Waals surface area (Å²) in [6.45, 7) is 0. The van der Waals surface area contributed by atoms with Crippen LogP contribution in [0.1, 0.15) is 0 Å². The third-order valence-corrected chi connectivity index (χ3v) is 1.57. The van der Waals surface area contributed by atoms with Gasteiger partial charge in [-0.15, -0.1) is 11.6 Å². The number of aliphatic carboxylic acids is 2.